The van der Waals surface area contributed by atoms with Crippen LogP contribution >= 0.6 is 34.8 Å². The summed E-state index contributed by atoms with van der Waals surface area (Å²) in [5.74, 6) is 0. The van der Waals surface area contributed by atoms with E-state index in [-0.39, 0.29) is 0 Å². The number of hydrogen-bond donors (Lipinski definition) is 0. The SMILES string of the molecule is Clc1ccc(-c2ccc(-c3ccccc3-c3cc(-c4ccccc4-c4ccc(-c5ccc(Cl)cc5)nc4)cc(-c4ccccc4-c4ccc(-c5ccc(Cl)cc5)nc4)c3)cn2)cc1. The third-order valence-electron chi connectivity index (χ3n) is 11.3. The molecule has 6 heteroatoms. The van der Waals surface area contributed by atoms with Gasteiger partial charge in [0.1, 0.15) is 0 Å². The van der Waals surface area contributed by atoms with E-state index in [4.69, 9.17) is 49.8 Å². The summed E-state index contributed by atoms with van der Waals surface area (Å²) < 4.78 is 0. The van der Waals surface area contributed by atoms with E-state index in [1.807, 2.05) is 91.4 Å². The van der Waals surface area contributed by atoms with Gasteiger partial charge >= 0.3 is 0 Å². The average Bonchev–Trinajstić information content (AvgIpc) is 3.35. The zero-order chi connectivity index (χ0) is 42.7. The van der Waals surface area contributed by atoms with Crippen LogP contribution in [-0.2, 0) is 0 Å². The van der Waals surface area contributed by atoms with Gasteiger partial charge < -0.3 is 0 Å². The van der Waals surface area contributed by atoms with Crippen molar-refractivity contribution in [3.63, 3.8) is 0 Å². The Kier molecular flexibility index (Phi) is 11.2. The Morgan fingerprint density at radius 3 is 0.667 bits per heavy atom. The van der Waals surface area contributed by atoms with E-state index < -0.39 is 0 Å². The zero-order valence-corrected chi connectivity index (χ0v) is 36.0. The van der Waals surface area contributed by atoms with Crippen molar-refractivity contribution < 1.29 is 0 Å². The Morgan fingerprint density at radius 1 is 0.222 bits per heavy atom. The van der Waals surface area contributed by atoms with E-state index in [1.165, 1.54) is 0 Å². The lowest BCUT2D eigenvalue weighted by Crippen LogP contribution is -1.93. The highest BCUT2D eigenvalue weighted by Gasteiger charge is 2.17. The predicted octanol–water partition coefficient (Wildman–Crippen LogP) is 16.8. The molecule has 0 spiro atoms. The minimum atomic E-state index is 0.698. The minimum absolute atomic E-state index is 0.698. The van der Waals surface area contributed by atoms with E-state index in [0.29, 0.717) is 15.1 Å². The molecule has 7 aromatic carbocycles. The van der Waals surface area contributed by atoms with Gasteiger partial charge in [0.15, 0.2) is 0 Å². The summed E-state index contributed by atoms with van der Waals surface area (Å²) in [6, 6.07) is 68.5. The fourth-order valence-corrected chi connectivity index (χ4v) is 8.47. The summed E-state index contributed by atoms with van der Waals surface area (Å²) >= 11 is 18.6. The van der Waals surface area contributed by atoms with Crippen molar-refractivity contribution in [3.05, 3.63) is 234 Å². The first-order valence-corrected chi connectivity index (χ1v) is 21.7. The fraction of sp³-hybridized carbons (Fsp3) is 0. The molecule has 0 aliphatic heterocycles. The van der Waals surface area contributed by atoms with E-state index in [0.717, 1.165) is 101 Å². The molecule has 0 radical (unpaired) electrons. The van der Waals surface area contributed by atoms with Gasteiger partial charge in [-0.15, -0.1) is 0 Å². The molecule has 0 saturated carbocycles. The van der Waals surface area contributed by atoms with Crippen LogP contribution < -0.4 is 0 Å². The molecule has 0 atom stereocenters. The van der Waals surface area contributed by atoms with E-state index in [9.17, 15) is 0 Å². The van der Waals surface area contributed by atoms with Gasteiger partial charge in [0.05, 0.1) is 17.1 Å². The number of nitrogens with zero attached hydrogens (tertiary/aromatic N) is 3. The summed E-state index contributed by atoms with van der Waals surface area (Å²) in [5.41, 5.74) is 18.5. The van der Waals surface area contributed by atoms with Crippen LogP contribution in [0.15, 0.2) is 219 Å². The second kappa shape index (κ2) is 17.7. The molecule has 300 valence electrons. The van der Waals surface area contributed by atoms with Crippen LogP contribution in [0.1, 0.15) is 0 Å². The maximum Gasteiger partial charge on any atom is 0.0702 e. The van der Waals surface area contributed by atoms with Crippen molar-refractivity contribution in [3.8, 4) is 101 Å². The van der Waals surface area contributed by atoms with Crippen LogP contribution in [0.25, 0.3) is 101 Å². The lowest BCUT2D eigenvalue weighted by Gasteiger charge is -2.18. The zero-order valence-electron chi connectivity index (χ0n) is 33.8. The highest BCUT2D eigenvalue weighted by molar-refractivity contribution is 6.31. The molecule has 0 amide bonds. The third kappa shape index (κ3) is 8.55. The van der Waals surface area contributed by atoms with Crippen molar-refractivity contribution in [1.29, 1.82) is 0 Å². The number of rotatable bonds is 9. The van der Waals surface area contributed by atoms with Gasteiger partial charge in [-0.1, -0.05) is 162 Å². The maximum absolute atomic E-state index is 6.19. The van der Waals surface area contributed by atoms with Crippen LogP contribution in [0, 0.1) is 0 Å². The van der Waals surface area contributed by atoms with E-state index in [1.54, 1.807) is 0 Å². The van der Waals surface area contributed by atoms with Gasteiger partial charge in [-0.2, -0.15) is 0 Å². The minimum Gasteiger partial charge on any atom is -0.256 e. The molecule has 3 nitrogen and oxygen atoms in total. The molecule has 0 bridgehead atoms. The van der Waals surface area contributed by atoms with Gasteiger partial charge in [0.2, 0.25) is 0 Å². The molecule has 0 unspecified atom stereocenters. The first-order valence-electron chi connectivity index (χ1n) is 20.5. The Morgan fingerprint density at radius 2 is 0.444 bits per heavy atom. The van der Waals surface area contributed by atoms with Gasteiger partial charge in [-0.05, 0) is 123 Å². The van der Waals surface area contributed by atoms with Crippen LogP contribution in [-0.4, -0.2) is 15.0 Å². The molecule has 63 heavy (non-hydrogen) atoms. The van der Waals surface area contributed by atoms with Crippen molar-refractivity contribution in [1.82, 2.24) is 15.0 Å². The first-order chi connectivity index (χ1) is 30.9. The Bertz CT molecular complexity index is 2840. The van der Waals surface area contributed by atoms with E-state index >= 15 is 0 Å². The van der Waals surface area contributed by atoms with Gasteiger partial charge in [0.25, 0.3) is 0 Å². The summed E-state index contributed by atoms with van der Waals surface area (Å²) in [4.78, 5) is 14.7. The van der Waals surface area contributed by atoms with Crippen LogP contribution in [0.5, 0.6) is 0 Å². The lowest BCUT2D eigenvalue weighted by atomic mass is 9.86. The molecular formula is C57H36Cl3N3. The lowest BCUT2D eigenvalue weighted by molar-refractivity contribution is 1.32. The second-order valence-electron chi connectivity index (χ2n) is 15.3. The second-order valence-corrected chi connectivity index (χ2v) is 16.6. The topological polar surface area (TPSA) is 38.7 Å². The molecule has 0 aliphatic rings. The maximum atomic E-state index is 6.19. The molecule has 10 rings (SSSR count). The summed E-state index contributed by atoms with van der Waals surface area (Å²) in [7, 11) is 0. The van der Waals surface area contributed by atoms with Crippen LogP contribution in [0.3, 0.4) is 0 Å². The predicted molar refractivity (Wildman–Crippen MR) is 264 cm³/mol. The number of benzene rings is 7. The Balaban J connectivity index is 1.10. The number of aromatic nitrogens is 3. The molecule has 0 saturated heterocycles. The summed E-state index contributed by atoms with van der Waals surface area (Å²) in [6.45, 7) is 0. The quantitative estimate of drug-likeness (QED) is 0.145. The van der Waals surface area contributed by atoms with Crippen LogP contribution in [0.2, 0.25) is 15.1 Å². The van der Waals surface area contributed by atoms with Crippen molar-refractivity contribution in [2.45, 2.75) is 0 Å². The van der Waals surface area contributed by atoms with Crippen molar-refractivity contribution in [2.24, 2.45) is 0 Å². The number of hydrogen-bond acceptors (Lipinski definition) is 3. The van der Waals surface area contributed by atoms with Crippen LogP contribution in [0.4, 0.5) is 0 Å². The van der Waals surface area contributed by atoms with Gasteiger partial charge in [-0.25, -0.2) is 0 Å². The summed E-state index contributed by atoms with van der Waals surface area (Å²) in [5, 5.41) is 2.09. The Hall–Kier alpha value is -7.14. The van der Waals surface area contributed by atoms with Gasteiger partial charge in [0, 0.05) is 67.0 Å². The highest BCUT2D eigenvalue weighted by Crippen LogP contribution is 2.42. The molecule has 0 fully saturated rings. The smallest absolute Gasteiger partial charge is 0.0702 e. The number of halogens is 3. The molecule has 3 heterocycles. The van der Waals surface area contributed by atoms with E-state index in [2.05, 4.69) is 127 Å². The Labute approximate surface area is 382 Å². The average molecular weight is 869 g/mol. The first kappa shape index (κ1) is 40.0. The summed E-state index contributed by atoms with van der Waals surface area (Å²) in [6.07, 6.45) is 5.87. The molecular weight excluding hydrogens is 833 g/mol. The van der Waals surface area contributed by atoms with Gasteiger partial charge in [-0.3, -0.25) is 15.0 Å². The monoisotopic (exact) mass is 867 g/mol. The molecule has 3 aromatic heterocycles. The fourth-order valence-electron chi connectivity index (χ4n) is 8.09. The van der Waals surface area contributed by atoms with Crippen molar-refractivity contribution in [2.75, 3.05) is 0 Å². The van der Waals surface area contributed by atoms with Crippen molar-refractivity contribution >= 4 is 34.8 Å². The highest BCUT2D eigenvalue weighted by atomic mass is 35.5. The molecule has 0 aliphatic carbocycles. The third-order valence-corrected chi connectivity index (χ3v) is 12.0. The largest absolute Gasteiger partial charge is 0.256 e. The number of pyridine rings is 3. The normalized spacial score (nSPS) is 11.1. The molecule has 10 aromatic rings. The molecule has 0 N–H and O–H groups in total. The standard InChI is InChI=1S/C57H36Cl3N3/c58-46-22-13-37(14-23-46)55-28-19-40(34-61-55)49-7-1-4-10-52(49)43-31-44(53-11-5-2-8-50(53)41-20-29-56(62-35-41)38-15-24-47(59)25-16-38)33-45(32-43)54-12-6-3-9-51(54)42-21-30-57(63-36-42)39-17-26-48(60)27-18-39/h1-36H.